The number of ether oxygens (including phenoxy) is 1. The second-order valence-corrected chi connectivity index (χ2v) is 8.54. The van der Waals surface area contributed by atoms with Crippen molar-refractivity contribution in [3.05, 3.63) is 78.0 Å². The fraction of sp³-hybridized carbons (Fsp3) is 0.385. The molecule has 0 spiro atoms. The van der Waals surface area contributed by atoms with Crippen LogP contribution in [-0.4, -0.2) is 54.2 Å². The van der Waals surface area contributed by atoms with Crippen LogP contribution in [0, 0.1) is 5.82 Å². The zero-order valence-electron chi connectivity index (χ0n) is 19.8. The van der Waals surface area contributed by atoms with Crippen molar-refractivity contribution in [1.82, 2.24) is 20.2 Å². The van der Waals surface area contributed by atoms with Gasteiger partial charge in [-0.25, -0.2) is 9.37 Å². The summed E-state index contributed by atoms with van der Waals surface area (Å²) in [6.45, 7) is 5.42. The molecule has 0 atom stereocenters. The second-order valence-electron chi connectivity index (χ2n) is 8.54. The van der Waals surface area contributed by atoms with E-state index in [0.29, 0.717) is 26.3 Å². The molecule has 1 saturated heterocycles. The Morgan fingerprint density at radius 2 is 1.85 bits per heavy atom. The Balaban J connectivity index is 0.00000324. The Hall–Kier alpha value is -2.46. The van der Waals surface area contributed by atoms with E-state index in [1.54, 1.807) is 0 Å². The molecule has 0 unspecified atom stereocenters. The molecule has 0 radical (unpaired) electrons. The fourth-order valence-corrected chi connectivity index (χ4v) is 4.31. The Bertz CT molecular complexity index is 1050. The molecule has 1 aliphatic rings. The maximum atomic E-state index is 13.5. The molecule has 0 saturated carbocycles. The number of hydrogen-bond acceptors (Lipinski definition) is 3. The molecule has 0 amide bonds. The van der Waals surface area contributed by atoms with Gasteiger partial charge in [0, 0.05) is 32.2 Å². The lowest BCUT2D eigenvalue weighted by atomic mass is 9.74. The number of nitrogens with one attached hydrogen (secondary N) is 2. The summed E-state index contributed by atoms with van der Waals surface area (Å²) in [6.07, 6.45) is 3.60. The van der Waals surface area contributed by atoms with Crippen LogP contribution in [0.25, 0.3) is 11.3 Å². The molecule has 8 heteroatoms. The number of halogens is 2. The van der Waals surface area contributed by atoms with Gasteiger partial charge in [-0.2, -0.15) is 0 Å². The predicted octanol–water partition coefficient (Wildman–Crippen LogP) is 4.98. The Morgan fingerprint density at radius 1 is 1.15 bits per heavy atom. The number of aliphatic imine (C=N–C) groups is 1. The van der Waals surface area contributed by atoms with Crippen LogP contribution >= 0.6 is 24.0 Å². The summed E-state index contributed by atoms with van der Waals surface area (Å²) in [4.78, 5) is 15.1. The van der Waals surface area contributed by atoms with E-state index in [0.717, 1.165) is 48.0 Å². The first-order valence-electron chi connectivity index (χ1n) is 11.5. The highest BCUT2D eigenvalue weighted by Crippen LogP contribution is 2.35. The fourth-order valence-electron chi connectivity index (χ4n) is 4.31. The molecule has 4 rings (SSSR count). The molecule has 2 N–H and O–H groups in total. The van der Waals surface area contributed by atoms with Crippen LogP contribution in [0.4, 0.5) is 4.39 Å². The van der Waals surface area contributed by atoms with Gasteiger partial charge in [-0.1, -0.05) is 42.5 Å². The maximum Gasteiger partial charge on any atom is 0.194 e. The van der Waals surface area contributed by atoms with E-state index in [1.165, 1.54) is 12.1 Å². The summed E-state index contributed by atoms with van der Waals surface area (Å²) in [7, 11) is 2.01. The highest BCUT2D eigenvalue weighted by molar-refractivity contribution is 14.0. The molecule has 2 aromatic carbocycles. The Morgan fingerprint density at radius 3 is 2.53 bits per heavy atom. The molecule has 0 aliphatic carbocycles. The van der Waals surface area contributed by atoms with Crippen molar-refractivity contribution < 1.29 is 9.13 Å². The van der Waals surface area contributed by atoms with Gasteiger partial charge in [0.15, 0.2) is 5.96 Å². The largest absolute Gasteiger partial charge is 0.381 e. The van der Waals surface area contributed by atoms with E-state index in [1.807, 2.05) is 43.6 Å². The van der Waals surface area contributed by atoms with Crippen LogP contribution in [0.15, 0.2) is 65.8 Å². The van der Waals surface area contributed by atoms with E-state index in [-0.39, 0.29) is 35.2 Å². The number of guanidine groups is 1. The van der Waals surface area contributed by atoms with Crippen LogP contribution < -0.4 is 5.32 Å². The number of rotatable bonds is 7. The van der Waals surface area contributed by atoms with Crippen molar-refractivity contribution in [3.63, 3.8) is 0 Å². The van der Waals surface area contributed by atoms with E-state index in [2.05, 4.69) is 39.2 Å². The van der Waals surface area contributed by atoms with Gasteiger partial charge >= 0.3 is 0 Å². The summed E-state index contributed by atoms with van der Waals surface area (Å²) in [5.41, 5.74) is 3.07. The van der Waals surface area contributed by atoms with Crippen molar-refractivity contribution in [2.45, 2.75) is 31.7 Å². The van der Waals surface area contributed by atoms with E-state index < -0.39 is 0 Å². The number of aromatic amines is 1. The third-order valence-corrected chi connectivity index (χ3v) is 6.23. The third kappa shape index (κ3) is 6.35. The standard InChI is InChI=1S/C26H32FN5O.HI/c1-3-28-25(32(2)18-24-29-17-23(31-24)20-7-5-4-6-8-20)30-19-26(13-15-33-16-14-26)21-9-11-22(27)12-10-21;/h4-12,17H,3,13-16,18-19H2,1-2H3,(H,28,30)(H,29,31);1H. The molecule has 1 fully saturated rings. The van der Waals surface area contributed by atoms with Crippen molar-refractivity contribution in [2.75, 3.05) is 33.4 Å². The first-order valence-corrected chi connectivity index (χ1v) is 11.5. The quantitative estimate of drug-likeness (QED) is 0.236. The van der Waals surface area contributed by atoms with Gasteiger partial charge < -0.3 is 19.9 Å². The average molecular weight is 577 g/mol. The molecular formula is C26H33FIN5O. The summed E-state index contributed by atoms with van der Waals surface area (Å²) in [5.74, 6) is 1.48. The van der Waals surface area contributed by atoms with Crippen LogP contribution in [0.1, 0.15) is 31.2 Å². The Labute approximate surface area is 218 Å². The molecule has 182 valence electrons. The average Bonchev–Trinajstić information content (AvgIpc) is 3.31. The minimum atomic E-state index is -0.217. The summed E-state index contributed by atoms with van der Waals surface area (Å²) < 4.78 is 19.2. The lowest BCUT2D eigenvalue weighted by molar-refractivity contribution is 0.0530. The second kappa shape index (κ2) is 12.3. The monoisotopic (exact) mass is 577 g/mol. The van der Waals surface area contributed by atoms with Crippen LogP contribution in [0.2, 0.25) is 0 Å². The summed E-state index contributed by atoms with van der Waals surface area (Å²) >= 11 is 0. The minimum Gasteiger partial charge on any atom is -0.381 e. The van der Waals surface area contributed by atoms with Gasteiger partial charge in [-0.15, -0.1) is 24.0 Å². The van der Waals surface area contributed by atoms with E-state index >= 15 is 0 Å². The molecular weight excluding hydrogens is 544 g/mol. The molecule has 1 aliphatic heterocycles. The summed E-state index contributed by atoms with van der Waals surface area (Å²) in [6, 6.07) is 17.0. The number of nitrogens with zero attached hydrogens (tertiary/aromatic N) is 3. The van der Waals surface area contributed by atoms with E-state index in [4.69, 9.17) is 9.73 Å². The van der Waals surface area contributed by atoms with Crippen LogP contribution in [-0.2, 0) is 16.7 Å². The highest BCUT2D eigenvalue weighted by Gasteiger charge is 2.34. The first-order chi connectivity index (χ1) is 16.1. The third-order valence-electron chi connectivity index (χ3n) is 6.23. The zero-order valence-corrected chi connectivity index (χ0v) is 22.1. The van der Waals surface area contributed by atoms with Gasteiger partial charge in [0.25, 0.3) is 0 Å². The van der Waals surface area contributed by atoms with Crippen molar-refractivity contribution in [3.8, 4) is 11.3 Å². The number of imidazole rings is 1. The zero-order chi connectivity index (χ0) is 23.1. The lowest BCUT2D eigenvalue weighted by Crippen LogP contribution is -2.42. The SMILES string of the molecule is CCNC(=NCC1(c2ccc(F)cc2)CCOCC1)N(C)Cc1ncc(-c2ccccc2)[nH]1.I. The smallest absolute Gasteiger partial charge is 0.194 e. The molecule has 34 heavy (non-hydrogen) atoms. The number of hydrogen-bond donors (Lipinski definition) is 2. The predicted molar refractivity (Wildman–Crippen MR) is 145 cm³/mol. The van der Waals surface area contributed by atoms with Crippen molar-refractivity contribution >= 4 is 29.9 Å². The maximum absolute atomic E-state index is 13.5. The van der Waals surface area contributed by atoms with Gasteiger partial charge in [-0.05, 0) is 43.0 Å². The molecule has 2 heterocycles. The first kappa shape index (κ1) is 26.2. The lowest BCUT2D eigenvalue weighted by Gasteiger charge is -2.37. The van der Waals surface area contributed by atoms with Crippen LogP contribution in [0.5, 0.6) is 0 Å². The normalized spacial score (nSPS) is 15.4. The van der Waals surface area contributed by atoms with Gasteiger partial charge in [0.1, 0.15) is 11.6 Å². The molecule has 6 nitrogen and oxygen atoms in total. The molecule has 1 aromatic heterocycles. The number of H-pyrrole nitrogens is 1. The molecule has 0 bridgehead atoms. The van der Waals surface area contributed by atoms with Crippen molar-refractivity contribution in [1.29, 1.82) is 0 Å². The van der Waals surface area contributed by atoms with Gasteiger partial charge in [0.05, 0.1) is 25.0 Å². The highest BCUT2D eigenvalue weighted by atomic mass is 127. The summed E-state index contributed by atoms with van der Waals surface area (Å²) in [5, 5.41) is 3.40. The van der Waals surface area contributed by atoms with Gasteiger partial charge in [-0.3, -0.25) is 4.99 Å². The van der Waals surface area contributed by atoms with Crippen molar-refractivity contribution in [2.24, 2.45) is 4.99 Å². The molecule has 3 aromatic rings. The Kier molecular flexibility index (Phi) is 9.46. The van der Waals surface area contributed by atoms with Crippen LogP contribution in [0.3, 0.4) is 0 Å². The number of aromatic nitrogens is 2. The number of benzene rings is 2. The van der Waals surface area contributed by atoms with Gasteiger partial charge in [0.2, 0.25) is 0 Å². The minimum absolute atomic E-state index is 0. The topological polar surface area (TPSA) is 65.5 Å². The van der Waals surface area contributed by atoms with E-state index in [9.17, 15) is 4.39 Å².